The van der Waals surface area contributed by atoms with Crippen molar-refractivity contribution in [1.82, 2.24) is 5.32 Å². The minimum atomic E-state index is -0.239. The zero-order valence-corrected chi connectivity index (χ0v) is 15.9. The highest BCUT2D eigenvalue weighted by Gasteiger charge is 2.09. The van der Waals surface area contributed by atoms with Crippen LogP contribution in [0.4, 0.5) is 5.69 Å². The number of anilines is 1. The Morgan fingerprint density at radius 1 is 0.786 bits per heavy atom. The monoisotopic (exact) mass is 374 g/mol. The number of hydrogen-bond donors (Lipinski definition) is 2. The standard InChI is InChI=1S/C23H22N2O3/c1-16-3-5-17(6-4-16)15-24-22(26)18-7-9-19(10-8-18)23(27)25-20-11-13-21(28-2)14-12-20/h3-14H,15H2,1-2H3,(H,24,26)(H,25,27). The Kier molecular flexibility index (Phi) is 6.07. The molecule has 3 rings (SSSR count). The lowest BCUT2D eigenvalue weighted by atomic mass is 10.1. The normalized spacial score (nSPS) is 10.2. The SMILES string of the molecule is COc1ccc(NC(=O)c2ccc(C(=O)NCc3ccc(C)cc3)cc2)cc1. The van der Waals surface area contributed by atoms with Crippen molar-refractivity contribution in [3.63, 3.8) is 0 Å². The van der Waals surface area contributed by atoms with Crippen LogP contribution in [-0.2, 0) is 6.54 Å². The summed E-state index contributed by atoms with van der Waals surface area (Å²) in [5, 5.41) is 5.70. The van der Waals surface area contributed by atoms with Crippen molar-refractivity contribution < 1.29 is 14.3 Å². The number of amides is 2. The predicted octanol–water partition coefficient (Wildman–Crippen LogP) is 4.19. The number of carbonyl (C=O) groups excluding carboxylic acids is 2. The molecule has 2 N–H and O–H groups in total. The molecule has 3 aromatic carbocycles. The molecule has 0 saturated heterocycles. The fraction of sp³-hybridized carbons (Fsp3) is 0.130. The van der Waals surface area contributed by atoms with E-state index in [0.29, 0.717) is 23.4 Å². The van der Waals surface area contributed by atoms with Gasteiger partial charge in [-0.25, -0.2) is 0 Å². The molecule has 0 spiro atoms. The smallest absolute Gasteiger partial charge is 0.255 e. The highest BCUT2D eigenvalue weighted by Crippen LogP contribution is 2.16. The first kappa shape index (κ1) is 19.2. The number of aryl methyl sites for hydroxylation is 1. The van der Waals surface area contributed by atoms with Gasteiger partial charge in [0, 0.05) is 23.4 Å². The zero-order valence-electron chi connectivity index (χ0n) is 15.9. The Labute approximate surface area is 164 Å². The number of benzene rings is 3. The van der Waals surface area contributed by atoms with Crippen LogP contribution in [0.3, 0.4) is 0 Å². The molecule has 0 aliphatic carbocycles. The van der Waals surface area contributed by atoms with Gasteiger partial charge in [0.2, 0.25) is 0 Å². The van der Waals surface area contributed by atoms with Crippen LogP contribution in [0, 0.1) is 6.92 Å². The molecule has 0 atom stereocenters. The van der Waals surface area contributed by atoms with Gasteiger partial charge in [0.1, 0.15) is 5.75 Å². The van der Waals surface area contributed by atoms with Gasteiger partial charge < -0.3 is 15.4 Å². The Morgan fingerprint density at radius 2 is 1.36 bits per heavy atom. The van der Waals surface area contributed by atoms with Crippen LogP contribution in [0.15, 0.2) is 72.8 Å². The molecule has 2 amide bonds. The van der Waals surface area contributed by atoms with E-state index in [1.165, 1.54) is 5.56 Å². The van der Waals surface area contributed by atoms with E-state index in [1.54, 1.807) is 55.6 Å². The molecule has 5 heteroatoms. The van der Waals surface area contributed by atoms with Gasteiger partial charge in [0.25, 0.3) is 11.8 Å². The lowest BCUT2D eigenvalue weighted by Crippen LogP contribution is -2.23. The van der Waals surface area contributed by atoms with Gasteiger partial charge >= 0.3 is 0 Å². The largest absolute Gasteiger partial charge is 0.497 e. The third-order valence-corrected chi connectivity index (χ3v) is 4.33. The van der Waals surface area contributed by atoms with Crippen LogP contribution in [0.25, 0.3) is 0 Å². The molecule has 0 radical (unpaired) electrons. The van der Waals surface area contributed by atoms with Crippen LogP contribution in [-0.4, -0.2) is 18.9 Å². The maximum atomic E-state index is 12.3. The summed E-state index contributed by atoms with van der Waals surface area (Å²) in [6.45, 7) is 2.48. The number of methoxy groups -OCH3 is 1. The van der Waals surface area contributed by atoms with Crippen molar-refractivity contribution in [3.05, 3.63) is 95.1 Å². The molecule has 28 heavy (non-hydrogen) atoms. The first-order valence-corrected chi connectivity index (χ1v) is 8.94. The van der Waals surface area contributed by atoms with E-state index in [-0.39, 0.29) is 11.8 Å². The minimum Gasteiger partial charge on any atom is -0.497 e. The van der Waals surface area contributed by atoms with Crippen LogP contribution >= 0.6 is 0 Å². The maximum absolute atomic E-state index is 12.3. The van der Waals surface area contributed by atoms with Gasteiger partial charge in [-0.1, -0.05) is 29.8 Å². The molecule has 0 aliphatic heterocycles. The Balaban J connectivity index is 1.57. The van der Waals surface area contributed by atoms with E-state index in [9.17, 15) is 9.59 Å². The lowest BCUT2D eigenvalue weighted by molar-refractivity contribution is 0.0949. The number of nitrogens with one attached hydrogen (secondary N) is 2. The van der Waals surface area contributed by atoms with Crippen molar-refractivity contribution in [1.29, 1.82) is 0 Å². The zero-order chi connectivity index (χ0) is 19.9. The highest BCUT2D eigenvalue weighted by molar-refractivity contribution is 6.05. The van der Waals surface area contributed by atoms with Gasteiger partial charge in [0.15, 0.2) is 0 Å². The summed E-state index contributed by atoms with van der Waals surface area (Å²) in [4.78, 5) is 24.6. The Bertz CT molecular complexity index is 947. The van der Waals surface area contributed by atoms with E-state index in [4.69, 9.17) is 4.74 Å². The van der Waals surface area contributed by atoms with E-state index < -0.39 is 0 Å². The molecule has 0 fully saturated rings. The molecule has 0 unspecified atom stereocenters. The van der Waals surface area contributed by atoms with Crippen LogP contribution < -0.4 is 15.4 Å². The molecular weight excluding hydrogens is 352 g/mol. The van der Waals surface area contributed by atoms with E-state index >= 15 is 0 Å². The number of carbonyl (C=O) groups is 2. The summed E-state index contributed by atoms with van der Waals surface area (Å²) < 4.78 is 5.10. The van der Waals surface area contributed by atoms with Crippen molar-refractivity contribution >= 4 is 17.5 Å². The van der Waals surface area contributed by atoms with Gasteiger partial charge in [-0.15, -0.1) is 0 Å². The second-order valence-electron chi connectivity index (χ2n) is 6.43. The third kappa shape index (κ3) is 4.98. The van der Waals surface area contributed by atoms with Gasteiger partial charge in [-0.2, -0.15) is 0 Å². The fourth-order valence-corrected chi connectivity index (χ4v) is 2.64. The first-order chi connectivity index (χ1) is 13.5. The topological polar surface area (TPSA) is 67.4 Å². The predicted molar refractivity (Wildman–Crippen MR) is 110 cm³/mol. The van der Waals surface area contributed by atoms with Crippen LogP contribution in [0.5, 0.6) is 5.75 Å². The average molecular weight is 374 g/mol. The summed E-state index contributed by atoms with van der Waals surface area (Å²) in [6, 6.07) is 21.7. The van der Waals surface area contributed by atoms with Crippen LogP contribution in [0.2, 0.25) is 0 Å². The highest BCUT2D eigenvalue weighted by atomic mass is 16.5. The molecule has 3 aromatic rings. The molecule has 0 aliphatic rings. The van der Waals surface area contributed by atoms with Crippen molar-refractivity contribution in [2.45, 2.75) is 13.5 Å². The van der Waals surface area contributed by atoms with Crippen molar-refractivity contribution in [2.24, 2.45) is 0 Å². The maximum Gasteiger partial charge on any atom is 0.255 e. The van der Waals surface area contributed by atoms with Crippen LogP contribution in [0.1, 0.15) is 31.8 Å². The first-order valence-electron chi connectivity index (χ1n) is 8.94. The summed E-state index contributed by atoms with van der Waals surface area (Å²) in [5.41, 5.74) is 3.87. The van der Waals surface area contributed by atoms with E-state index in [2.05, 4.69) is 10.6 Å². The molecule has 0 aromatic heterocycles. The number of hydrogen-bond acceptors (Lipinski definition) is 3. The second kappa shape index (κ2) is 8.86. The molecule has 0 heterocycles. The van der Waals surface area contributed by atoms with Gasteiger partial charge in [-0.05, 0) is 61.0 Å². The second-order valence-corrected chi connectivity index (χ2v) is 6.43. The average Bonchev–Trinajstić information content (AvgIpc) is 2.73. The molecule has 0 saturated carbocycles. The lowest BCUT2D eigenvalue weighted by Gasteiger charge is -2.08. The van der Waals surface area contributed by atoms with E-state index in [1.807, 2.05) is 31.2 Å². The molecule has 0 bridgehead atoms. The summed E-state index contributed by atoms with van der Waals surface area (Å²) in [5.74, 6) is 0.304. The number of ether oxygens (including phenoxy) is 1. The van der Waals surface area contributed by atoms with E-state index in [0.717, 1.165) is 11.3 Å². The van der Waals surface area contributed by atoms with Crippen molar-refractivity contribution in [2.75, 3.05) is 12.4 Å². The molecular formula is C23H22N2O3. The quantitative estimate of drug-likeness (QED) is 0.680. The Hall–Kier alpha value is -3.60. The molecule has 5 nitrogen and oxygen atoms in total. The van der Waals surface area contributed by atoms with Crippen molar-refractivity contribution in [3.8, 4) is 5.75 Å². The third-order valence-electron chi connectivity index (χ3n) is 4.33. The van der Waals surface area contributed by atoms with Gasteiger partial charge in [-0.3, -0.25) is 9.59 Å². The molecule has 142 valence electrons. The van der Waals surface area contributed by atoms with Gasteiger partial charge in [0.05, 0.1) is 7.11 Å². The Morgan fingerprint density at radius 3 is 1.93 bits per heavy atom. The summed E-state index contributed by atoms with van der Waals surface area (Å²) >= 11 is 0. The summed E-state index contributed by atoms with van der Waals surface area (Å²) in [7, 11) is 1.59. The number of rotatable bonds is 6. The minimum absolute atomic E-state index is 0.178. The summed E-state index contributed by atoms with van der Waals surface area (Å²) in [6.07, 6.45) is 0. The fourth-order valence-electron chi connectivity index (χ4n) is 2.64.